The van der Waals surface area contributed by atoms with Crippen LogP contribution in [0.2, 0.25) is 0 Å². The van der Waals surface area contributed by atoms with Crippen molar-refractivity contribution < 1.29 is 28.3 Å². The number of furan rings is 1. The highest BCUT2D eigenvalue weighted by Crippen LogP contribution is 2.31. The van der Waals surface area contributed by atoms with Gasteiger partial charge in [-0.05, 0) is 43.3 Å². The molecule has 0 bridgehead atoms. The van der Waals surface area contributed by atoms with E-state index in [1.807, 2.05) is 0 Å². The Kier molecular flexibility index (Phi) is 6.21. The minimum atomic E-state index is -0.774. The third kappa shape index (κ3) is 4.77. The van der Waals surface area contributed by atoms with Crippen molar-refractivity contribution in [2.24, 2.45) is 0 Å². The fourth-order valence-corrected chi connectivity index (χ4v) is 3.60. The zero-order valence-corrected chi connectivity index (χ0v) is 17.7. The van der Waals surface area contributed by atoms with Crippen molar-refractivity contribution in [2.45, 2.75) is 19.4 Å². The number of nitrogens with one attached hydrogen (secondary N) is 2. The van der Waals surface area contributed by atoms with E-state index in [0.717, 1.165) is 0 Å². The average molecular weight is 447 g/mol. The molecule has 9 heteroatoms. The molecule has 33 heavy (non-hydrogen) atoms. The predicted octanol–water partition coefficient (Wildman–Crippen LogP) is 3.45. The van der Waals surface area contributed by atoms with Crippen LogP contribution < -0.4 is 15.5 Å². The van der Waals surface area contributed by atoms with Gasteiger partial charge in [0.25, 0.3) is 11.8 Å². The van der Waals surface area contributed by atoms with Crippen molar-refractivity contribution in [1.29, 1.82) is 0 Å². The molecule has 0 spiro atoms. The first kappa shape index (κ1) is 21.8. The number of esters is 1. The number of carbonyl (C=O) groups is 4. The summed E-state index contributed by atoms with van der Waals surface area (Å²) >= 11 is 0. The summed E-state index contributed by atoms with van der Waals surface area (Å²) in [5.74, 6) is -1.89. The number of anilines is 3. The molecule has 0 aliphatic carbocycles. The quantitative estimate of drug-likeness (QED) is 0.579. The topological polar surface area (TPSA) is 118 Å². The van der Waals surface area contributed by atoms with Crippen molar-refractivity contribution in [3.8, 4) is 0 Å². The smallest absolute Gasteiger partial charge is 0.340 e. The zero-order valence-electron chi connectivity index (χ0n) is 17.7. The van der Waals surface area contributed by atoms with Crippen LogP contribution in [-0.4, -0.2) is 36.3 Å². The molecule has 1 aromatic heterocycles. The first-order valence-electron chi connectivity index (χ1n) is 10.3. The number of amides is 3. The van der Waals surface area contributed by atoms with Crippen molar-refractivity contribution >= 4 is 40.8 Å². The predicted molar refractivity (Wildman–Crippen MR) is 120 cm³/mol. The normalized spacial score (nSPS) is 15.1. The number of hydrogen-bond acceptors (Lipinski definition) is 6. The van der Waals surface area contributed by atoms with Gasteiger partial charge in [-0.2, -0.15) is 0 Å². The summed E-state index contributed by atoms with van der Waals surface area (Å²) in [6.07, 6.45) is 1.47. The number of benzene rings is 2. The highest BCUT2D eigenvalue weighted by atomic mass is 16.5. The fraction of sp³-hybridized carbons (Fsp3) is 0.167. The lowest BCUT2D eigenvalue weighted by Crippen LogP contribution is -2.41. The fourth-order valence-electron chi connectivity index (χ4n) is 3.60. The number of nitrogens with zero attached hydrogens (tertiary/aromatic N) is 1. The molecule has 2 aromatic carbocycles. The molecule has 1 aliphatic heterocycles. The molecule has 0 saturated heterocycles. The van der Waals surface area contributed by atoms with Gasteiger partial charge in [0.15, 0.2) is 12.4 Å². The molecule has 2 N–H and O–H groups in total. The molecule has 0 saturated carbocycles. The van der Waals surface area contributed by atoms with E-state index in [9.17, 15) is 19.2 Å². The van der Waals surface area contributed by atoms with Gasteiger partial charge in [0.2, 0.25) is 5.91 Å². The number of para-hydroxylation sites is 3. The molecule has 2 heterocycles. The highest BCUT2D eigenvalue weighted by Gasteiger charge is 2.30. The minimum Gasteiger partial charge on any atom is -0.459 e. The third-order valence-corrected chi connectivity index (χ3v) is 5.09. The first-order chi connectivity index (χ1) is 15.9. The van der Waals surface area contributed by atoms with Crippen LogP contribution >= 0.6 is 0 Å². The van der Waals surface area contributed by atoms with Gasteiger partial charge in [0, 0.05) is 12.5 Å². The number of rotatable bonds is 5. The molecule has 9 nitrogen and oxygen atoms in total. The van der Waals surface area contributed by atoms with Crippen LogP contribution in [0.4, 0.5) is 17.1 Å². The van der Waals surface area contributed by atoms with Crippen LogP contribution in [0.25, 0.3) is 0 Å². The number of carbonyl (C=O) groups excluding carboxylic acids is 4. The van der Waals surface area contributed by atoms with Crippen LogP contribution in [-0.2, 0) is 14.3 Å². The van der Waals surface area contributed by atoms with Gasteiger partial charge in [-0.3, -0.25) is 14.4 Å². The Morgan fingerprint density at radius 3 is 2.64 bits per heavy atom. The maximum atomic E-state index is 13.0. The van der Waals surface area contributed by atoms with Crippen LogP contribution in [0, 0.1) is 0 Å². The molecule has 0 unspecified atom stereocenters. The lowest BCUT2D eigenvalue weighted by Gasteiger charge is -2.27. The van der Waals surface area contributed by atoms with E-state index in [1.54, 1.807) is 55.5 Å². The Labute approximate surface area is 189 Å². The maximum Gasteiger partial charge on any atom is 0.340 e. The minimum absolute atomic E-state index is 0.0883. The summed E-state index contributed by atoms with van der Waals surface area (Å²) in [7, 11) is 0. The van der Waals surface area contributed by atoms with E-state index >= 15 is 0 Å². The molecule has 3 aromatic rings. The first-order valence-corrected chi connectivity index (χ1v) is 10.3. The Morgan fingerprint density at radius 2 is 1.85 bits per heavy atom. The second-order valence-corrected chi connectivity index (χ2v) is 7.44. The van der Waals surface area contributed by atoms with Crippen LogP contribution in [0.5, 0.6) is 0 Å². The maximum absolute atomic E-state index is 13.0. The molecule has 3 amide bonds. The molecular weight excluding hydrogens is 426 g/mol. The number of ether oxygens (including phenoxy) is 1. The number of fused-ring (bicyclic) bond motifs is 1. The van der Waals surface area contributed by atoms with Crippen molar-refractivity contribution in [1.82, 2.24) is 0 Å². The Morgan fingerprint density at radius 1 is 1.09 bits per heavy atom. The van der Waals surface area contributed by atoms with Gasteiger partial charge in [0.1, 0.15) is 0 Å². The second kappa shape index (κ2) is 9.39. The van der Waals surface area contributed by atoms with Gasteiger partial charge in [-0.25, -0.2) is 4.79 Å². The van der Waals surface area contributed by atoms with Gasteiger partial charge < -0.3 is 24.7 Å². The summed E-state index contributed by atoms with van der Waals surface area (Å²) < 4.78 is 10.3. The third-order valence-electron chi connectivity index (χ3n) is 5.09. The summed E-state index contributed by atoms with van der Waals surface area (Å²) in [4.78, 5) is 51.6. The molecule has 0 fully saturated rings. The van der Waals surface area contributed by atoms with Gasteiger partial charge >= 0.3 is 5.97 Å². The zero-order chi connectivity index (χ0) is 23.4. The molecule has 0 radical (unpaired) electrons. The van der Waals surface area contributed by atoms with E-state index in [4.69, 9.17) is 9.15 Å². The molecule has 168 valence electrons. The lowest BCUT2D eigenvalue weighted by atomic mass is 10.1. The monoisotopic (exact) mass is 447 g/mol. The van der Waals surface area contributed by atoms with E-state index in [1.165, 1.54) is 23.3 Å². The van der Waals surface area contributed by atoms with E-state index in [0.29, 0.717) is 11.4 Å². The highest BCUT2D eigenvalue weighted by molar-refractivity contribution is 6.08. The van der Waals surface area contributed by atoms with E-state index < -0.39 is 30.4 Å². The summed E-state index contributed by atoms with van der Waals surface area (Å²) in [6.45, 7) is 1.22. The van der Waals surface area contributed by atoms with Gasteiger partial charge in [-0.15, -0.1) is 0 Å². The van der Waals surface area contributed by atoms with Crippen molar-refractivity contribution in [3.63, 3.8) is 0 Å². The van der Waals surface area contributed by atoms with Gasteiger partial charge in [-0.1, -0.05) is 24.3 Å². The van der Waals surface area contributed by atoms with Gasteiger partial charge in [0.05, 0.1) is 28.9 Å². The van der Waals surface area contributed by atoms with Crippen LogP contribution in [0.15, 0.2) is 71.3 Å². The largest absolute Gasteiger partial charge is 0.459 e. The molecule has 4 rings (SSSR count). The molecule has 1 aliphatic rings. The van der Waals surface area contributed by atoms with Crippen molar-refractivity contribution in [3.05, 3.63) is 78.3 Å². The lowest BCUT2D eigenvalue weighted by molar-refractivity contribution is -0.122. The molecular formula is C24H21N3O6. The summed E-state index contributed by atoms with van der Waals surface area (Å²) in [6, 6.07) is 15.9. The summed E-state index contributed by atoms with van der Waals surface area (Å²) in [5.41, 5.74) is 1.35. The Bertz CT molecular complexity index is 1200. The van der Waals surface area contributed by atoms with Crippen LogP contribution in [0.1, 0.15) is 34.3 Å². The molecule has 1 atom stereocenters. The van der Waals surface area contributed by atoms with E-state index in [2.05, 4.69) is 10.6 Å². The Hall–Kier alpha value is -4.40. The standard InChI is InChI=1S/C24H21N3O6/c1-15-13-21(28)25-18-9-4-5-10-19(18)27(15)22(29)14-33-24(31)16-7-2-3-8-17(16)26-23(30)20-11-6-12-32-20/h2-12,15H,13-14H2,1H3,(H,25,28)(H,26,30)/t15-/m1/s1. The second-order valence-electron chi connectivity index (χ2n) is 7.44. The van der Waals surface area contributed by atoms with E-state index in [-0.39, 0.29) is 29.3 Å². The Balaban J connectivity index is 1.48. The summed E-state index contributed by atoms with van der Waals surface area (Å²) in [5, 5.41) is 5.38. The SMILES string of the molecule is C[C@@H]1CC(=O)Nc2ccccc2N1C(=O)COC(=O)c1ccccc1NC(=O)c1ccco1. The van der Waals surface area contributed by atoms with Crippen LogP contribution in [0.3, 0.4) is 0 Å². The van der Waals surface area contributed by atoms with Crippen molar-refractivity contribution in [2.75, 3.05) is 22.1 Å². The average Bonchev–Trinajstić information content (AvgIpc) is 3.30. The number of hydrogen-bond donors (Lipinski definition) is 2.